The number of para-hydroxylation sites is 2. The van der Waals surface area contributed by atoms with E-state index >= 15 is 0 Å². The summed E-state index contributed by atoms with van der Waals surface area (Å²) in [6.45, 7) is 6.53. The molecule has 1 heterocycles. The SMILES string of the molecule is COc1ccccc1N1CCN(CC(C)N(C(=O)C2CCCCC2)C(=O)C2CCCCC2)CC1. The van der Waals surface area contributed by atoms with Crippen molar-refractivity contribution >= 4 is 17.5 Å². The summed E-state index contributed by atoms with van der Waals surface area (Å²) >= 11 is 0. The van der Waals surface area contributed by atoms with Crippen LogP contribution in [0.2, 0.25) is 0 Å². The van der Waals surface area contributed by atoms with E-state index in [1.807, 2.05) is 12.1 Å². The number of nitrogens with zero attached hydrogens (tertiary/aromatic N) is 3. The van der Waals surface area contributed by atoms with Gasteiger partial charge in [0.1, 0.15) is 5.75 Å². The molecule has 2 aliphatic carbocycles. The summed E-state index contributed by atoms with van der Waals surface area (Å²) in [6, 6.07) is 8.10. The molecule has 1 saturated heterocycles. The molecule has 0 spiro atoms. The van der Waals surface area contributed by atoms with Crippen molar-refractivity contribution in [3.05, 3.63) is 24.3 Å². The van der Waals surface area contributed by atoms with Crippen molar-refractivity contribution in [2.75, 3.05) is 44.7 Å². The molecular formula is C28H43N3O3. The zero-order chi connectivity index (χ0) is 23.9. The molecule has 0 aromatic heterocycles. The van der Waals surface area contributed by atoms with Crippen molar-refractivity contribution in [1.82, 2.24) is 9.80 Å². The number of hydrogen-bond acceptors (Lipinski definition) is 5. The second-order valence-corrected chi connectivity index (χ2v) is 10.5. The number of anilines is 1. The van der Waals surface area contributed by atoms with Gasteiger partial charge in [-0.15, -0.1) is 0 Å². The number of methoxy groups -OCH3 is 1. The van der Waals surface area contributed by atoms with Crippen molar-refractivity contribution in [2.45, 2.75) is 77.2 Å². The van der Waals surface area contributed by atoms with E-state index in [2.05, 4.69) is 28.9 Å². The van der Waals surface area contributed by atoms with E-state index in [9.17, 15) is 9.59 Å². The smallest absolute Gasteiger partial charge is 0.232 e. The Labute approximate surface area is 205 Å². The maximum Gasteiger partial charge on any atom is 0.232 e. The average molecular weight is 470 g/mol. The van der Waals surface area contributed by atoms with Crippen molar-refractivity contribution in [1.29, 1.82) is 0 Å². The van der Waals surface area contributed by atoms with E-state index in [1.165, 1.54) is 12.8 Å². The van der Waals surface area contributed by atoms with Crippen LogP contribution in [-0.4, -0.2) is 67.5 Å². The van der Waals surface area contributed by atoms with Crippen LogP contribution >= 0.6 is 0 Å². The van der Waals surface area contributed by atoms with E-state index in [-0.39, 0.29) is 29.7 Å². The van der Waals surface area contributed by atoms with E-state index in [0.717, 1.165) is 95.5 Å². The number of amides is 2. The molecule has 0 N–H and O–H groups in total. The fourth-order valence-electron chi connectivity index (χ4n) is 6.15. The number of rotatable bonds is 7. The minimum atomic E-state index is -0.0818. The number of hydrogen-bond donors (Lipinski definition) is 0. The Morgan fingerprint density at radius 2 is 1.41 bits per heavy atom. The maximum atomic E-state index is 13.6. The molecule has 188 valence electrons. The van der Waals surface area contributed by atoms with Crippen LogP contribution in [0.15, 0.2) is 24.3 Å². The number of carbonyl (C=O) groups is 2. The average Bonchev–Trinajstić information content (AvgIpc) is 2.90. The van der Waals surface area contributed by atoms with Crippen LogP contribution in [0, 0.1) is 11.8 Å². The maximum absolute atomic E-state index is 13.6. The monoisotopic (exact) mass is 469 g/mol. The summed E-state index contributed by atoms with van der Waals surface area (Å²) in [4.78, 5) is 33.8. The van der Waals surface area contributed by atoms with E-state index in [0.29, 0.717) is 0 Å². The molecule has 3 aliphatic rings. The highest BCUT2D eigenvalue weighted by molar-refractivity contribution is 5.97. The van der Waals surface area contributed by atoms with Gasteiger partial charge >= 0.3 is 0 Å². The highest BCUT2D eigenvalue weighted by Gasteiger charge is 2.37. The van der Waals surface area contributed by atoms with E-state index in [1.54, 1.807) is 12.0 Å². The van der Waals surface area contributed by atoms with E-state index in [4.69, 9.17) is 4.74 Å². The lowest BCUT2D eigenvalue weighted by Gasteiger charge is -2.40. The first-order chi connectivity index (χ1) is 16.6. The standard InChI is InChI=1S/C28H43N3O3/c1-22(21-29-17-19-30(20-18-29)25-15-9-10-16-26(25)34-2)31(27(32)23-11-5-3-6-12-23)28(33)24-13-7-4-8-14-24/h9-10,15-16,22-24H,3-8,11-14,17-21H2,1-2H3. The molecular weight excluding hydrogens is 426 g/mol. The summed E-state index contributed by atoms with van der Waals surface area (Å²) in [5, 5.41) is 0. The topological polar surface area (TPSA) is 53.1 Å². The van der Waals surface area contributed by atoms with Crippen molar-refractivity contribution < 1.29 is 14.3 Å². The minimum Gasteiger partial charge on any atom is -0.495 e. The normalized spacial score (nSPS) is 21.8. The van der Waals surface area contributed by atoms with Gasteiger partial charge in [0.15, 0.2) is 0 Å². The largest absolute Gasteiger partial charge is 0.495 e. The van der Waals surface area contributed by atoms with Gasteiger partial charge in [-0.3, -0.25) is 19.4 Å². The lowest BCUT2D eigenvalue weighted by Crippen LogP contribution is -2.55. The Kier molecular flexibility index (Phi) is 8.87. The van der Waals surface area contributed by atoms with Crippen LogP contribution in [0.1, 0.15) is 71.1 Å². The molecule has 2 saturated carbocycles. The Balaban J connectivity index is 1.40. The first kappa shape index (κ1) is 25.0. The predicted molar refractivity (Wildman–Crippen MR) is 136 cm³/mol. The Hall–Kier alpha value is -2.08. The predicted octanol–water partition coefficient (Wildman–Crippen LogP) is 4.72. The molecule has 34 heavy (non-hydrogen) atoms. The van der Waals surface area contributed by atoms with Gasteiger partial charge in [-0.25, -0.2) is 0 Å². The third-order valence-electron chi connectivity index (χ3n) is 8.15. The van der Waals surface area contributed by atoms with Crippen LogP contribution in [-0.2, 0) is 9.59 Å². The molecule has 0 bridgehead atoms. The third-order valence-corrected chi connectivity index (χ3v) is 8.15. The molecule has 3 fully saturated rings. The number of ether oxygens (including phenoxy) is 1. The lowest BCUT2D eigenvalue weighted by molar-refractivity contribution is -0.154. The highest BCUT2D eigenvalue weighted by atomic mass is 16.5. The van der Waals surface area contributed by atoms with Gasteiger partial charge in [0.2, 0.25) is 11.8 Å². The molecule has 2 amide bonds. The van der Waals surface area contributed by atoms with Crippen LogP contribution in [0.25, 0.3) is 0 Å². The molecule has 1 atom stereocenters. The Morgan fingerprint density at radius 3 is 1.94 bits per heavy atom. The number of benzene rings is 1. The van der Waals surface area contributed by atoms with E-state index < -0.39 is 0 Å². The minimum absolute atomic E-state index is 0.0335. The van der Waals surface area contributed by atoms with Gasteiger partial charge in [-0.1, -0.05) is 50.7 Å². The number of piperazine rings is 1. The summed E-state index contributed by atoms with van der Waals surface area (Å²) in [5.41, 5.74) is 1.14. The second kappa shape index (κ2) is 12.1. The van der Waals surface area contributed by atoms with Crippen LogP contribution in [0.5, 0.6) is 5.75 Å². The van der Waals surface area contributed by atoms with Gasteiger partial charge < -0.3 is 9.64 Å². The molecule has 1 aliphatic heterocycles. The van der Waals surface area contributed by atoms with Gasteiger partial charge in [-0.05, 0) is 44.7 Å². The Morgan fingerprint density at radius 1 is 0.882 bits per heavy atom. The first-order valence-electron chi connectivity index (χ1n) is 13.6. The van der Waals surface area contributed by atoms with Crippen LogP contribution in [0.3, 0.4) is 0 Å². The molecule has 1 unspecified atom stereocenters. The third kappa shape index (κ3) is 5.94. The van der Waals surface area contributed by atoms with Crippen molar-refractivity contribution in [3.8, 4) is 5.75 Å². The molecule has 1 aromatic rings. The van der Waals surface area contributed by atoms with Crippen LogP contribution < -0.4 is 9.64 Å². The molecule has 0 radical (unpaired) electrons. The fourth-order valence-corrected chi connectivity index (χ4v) is 6.15. The molecule has 1 aromatic carbocycles. The van der Waals surface area contributed by atoms with Gasteiger partial charge in [0.05, 0.1) is 12.8 Å². The summed E-state index contributed by atoms with van der Waals surface area (Å²) in [5.74, 6) is 1.19. The molecule has 6 nitrogen and oxygen atoms in total. The second-order valence-electron chi connectivity index (χ2n) is 10.5. The summed E-state index contributed by atoms with van der Waals surface area (Å²) in [6.07, 6.45) is 10.6. The van der Waals surface area contributed by atoms with Gasteiger partial charge in [0, 0.05) is 50.6 Å². The van der Waals surface area contributed by atoms with Crippen LogP contribution in [0.4, 0.5) is 5.69 Å². The highest BCUT2D eigenvalue weighted by Crippen LogP contribution is 2.31. The van der Waals surface area contributed by atoms with Crippen molar-refractivity contribution in [3.63, 3.8) is 0 Å². The molecule has 4 rings (SSSR count). The first-order valence-corrected chi connectivity index (χ1v) is 13.6. The fraction of sp³-hybridized carbons (Fsp3) is 0.714. The lowest BCUT2D eigenvalue weighted by atomic mass is 9.85. The zero-order valence-electron chi connectivity index (χ0n) is 21.2. The quantitative estimate of drug-likeness (QED) is 0.541. The van der Waals surface area contributed by atoms with Gasteiger partial charge in [0.25, 0.3) is 0 Å². The van der Waals surface area contributed by atoms with Crippen molar-refractivity contribution in [2.24, 2.45) is 11.8 Å². The number of carbonyl (C=O) groups excluding carboxylic acids is 2. The number of imide groups is 1. The zero-order valence-corrected chi connectivity index (χ0v) is 21.2. The van der Waals surface area contributed by atoms with Gasteiger partial charge in [-0.2, -0.15) is 0 Å². The summed E-state index contributed by atoms with van der Waals surface area (Å²) in [7, 11) is 1.72. The summed E-state index contributed by atoms with van der Waals surface area (Å²) < 4.78 is 5.55. The molecule has 6 heteroatoms. The Bertz CT molecular complexity index is 779.